The molecule has 122 valence electrons. The van der Waals surface area contributed by atoms with E-state index >= 15 is 0 Å². The maximum atomic E-state index is 10.8. The van der Waals surface area contributed by atoms with Crippen LogP contribution in [0.15, 0.2) is 48.7 Å². The average molecular weight is 324 g/mol. The van der Waals surface area contributed by atoms with E-state index in [1.54, 1.807) is 29.9 Å². The summed E-state index contributed by atoms with van der Waals surface area (Å²) >= 11 is 0. The van der Waals surface area contributed by atoms with Gasteiger partial charge < -0.3 is 9.47 Å². The predicted molar refractivity (Wildman–Crippen MR) is 86.6 cm³/mol. The van der Waals surface area contributed by atoms with Crippen LogP contribution < -0.4 is 9.47 Å². The fourth-order valence-corrected chi connectivity index (χ4v) is 2.36. The molecule has 0 fully saturated rings. The summed E-state index contributed by atoms with van der Waals surface area (Å²) in [5.41, 5.74) is 1.78. The second-order valence-corrected chi connectivity index (χ2v) is 4.97. The summed E-state index contributed by atoms with van der Waals surface area (Å²) in [6.45, 7) is 3.05. The first kappa shape index (κ1) is 15.7. The van der Waals surface area contributed by atoms with E-state index in [0.29, 0.717) is 42.5 Å². The highest BCUT2D eigenvalue weighted by Gasteiger charge is 2.20. The van der Waals surface area contributed by atoms with Gasteiger partial charge in [0.1, 0.15) is 29.4 Å². The number of hydrogen-bond donors (Lipinski definition) is 0. The van der Waals surface area contributed by atoms with E-state index in [0.717, 1.165) is 5.75 Å². The van der Waals surface area contributed by atoms with Crippen LogP contribution in [0.5, 0.6) is 11.5 Å². The van der Waals surface area contributed by atoms with Crippen molar-refractivity contribution in [1.29, 1.82) is 0 Å². The summed E-state index contributed by atoms with van der Waals surface area (Å²) in [4.78, 5) is 10.8. The SMILES string of the molecule is Cc1nn(CCOc2ccccc2)c(-c2cccnn2)c1OC=O. The van der Waals surface area contributed by atoms with E-state index in [4.69, 9.17) is 9.47 Å². The zero-order valence-electron chi connectivity index (χ0n) is 13.1. The van der Waals surface area contributed by atoms with Crippen molar-refractivity contribution in [3.63, 3.8) is 0 Å². The van der Waals surface area contributed by atoms with Gasteiger partial charge in [0.15, 0.2) is 5.75 Å². The van der Waals surface area contributed by atoms with Gasteiger partial charge in [-0.1, -0.05) is 18.2 Å². The number of carbonyl (C=O) groups is 1. The molecule has 0 radical (unpaired) electrons. The molecule has 0 N–H and O–H groups in total. The fourth-order valence-electron chi connectivity index (χ4n) is 2.36. The van der Waals surface area contributed by atoms with Crippen LogP contribution in [0.4, 0.5) is 0 Å². The Morgan fingerprint density at radius 2 is 2.00 bits per heavy atom. The Morgan fingerprint density at radius 1 is 1.17 bits per heavy atom. The lowest BCUT2D eigenvalue weighted by atomic mass is 10.2. The third-order valence-electron chi connectivity index (χ3n) is 3.37. The van der Waals surface area contributed by atoms with Gasteiger partial charge in [-0.15, -0.1) is 5.10 Å². The van der Waals surface area contributed by atoms with E-state index in [-0.39, 0.29) is 0 Å². The van der Waals surface area contributed by atoms with Crippen molar-refractivity contribution in [2.75, 3.05) is 6.61 Å². The van der Waals surface area contributed by atoms with Gasteiger partial charge in [-0.05, 0) is 31.2 Å². The smallest absolute Gasteiger partial charge is 0.298 e. The summed E-state index contributed by atoms with van der Waals surface area (Å²) < 4.78 is 12.5. The van der Waals surface area contributed by atoms with Crippen molar-refractivity contribution < 1.29 is 14.3 Å². The van der Waals surface area contributed by atoms with Crippen LogP contribution in [0.25, 0.3) is 11.4 Å². The fraction of sp³-hybridized carbons (Fsp3) is 0.176. The molecule has 0 saturated heterocycles. The number of ether oxygens (including phenoxy) is 2. The molecule has 2 aromatic heterocycles. The molecule has 2 heterocycles. The molecule has 7 heteroatoms. The topological polar surface area (TPSA) is 79.1 Å². The van der Waals surface area contributed by atoms with Gasteiger partial charge in [-0.3, -0.25) is 9.48 Å². The minimum atomic E-state index is 0.380. The number of rotatable bonds is 7. The van der Waals surface area contributed by atoms with Crippen LogP contribution in [0.1, 0.15) is 5.69 Å². The summed E-state index contributed by atoms with van der Waals surface area (Å²) in [6.07, 6.45) is 1.58. The van der Waals surface area contributed by atoms with Gasteiger partial charge in [0.2, 0.25) is 0 Å². The Hall–Kier alpha value is -3.22. The van der Waals surface area contributed by atoms with Crippen molar-refractivity contribution in [3.05, 3.63) is 54.4 Å². The minimum Gasteiger partial charge on any atom is -0.492 e. The van der Waals surface area contributed by atoms with E-state index < -0.39 is 0 Å². The monoisotopic (exact) mass is 324 g/mol. The lowest BCUT2D eigenvalue weighted by Gasteiger charge is -2.09. The van der Waals surface area contributed by atoms with E-state index in [2.05, 4.69) is 15.3 Å². The highest BCUT2D eigenvalue weighted by atomic mass is 16.5. The molecule has 0 unspecified atom stereocenters. The second-order valence-electron chi connectivity index (χ2n) is 4.97. The maximum absolute atomic E-state index is 10.8. The third kappa shape index (κ3) is 3.40. The van der Waals surface area contributed by atoms with Crippen LogP contribution in [-0.4, -0.2) is 33.1 Å². The van der Waals surface area contributed by atoms with Gasteiger partial charge in [0, 0.05) is 6.20 Å². The number of para-hydroxylation sites is 1. The Kier molecular flexibility index (Phi) is 4.81. The number of nitrogens with zero attached hydrogens (tertiary/aromatic N) is 4. The standard InChI is InChI=1S/C17H16N4O3/c1-13-17(24-12-22)16(15-8-5-9-18-19-15)21(20-13)10-11-23-14-6-3-2-4-7-14/h2-9,12H,10-11H2,1H3. The average Bonchev–Trinajstić information content (AvgIpc) is 2.93. The lowest BCUT2D eigenvalue weighted by Crippen LogP contribution is -2.11. The second kappa shape index (κ2) is 7.36. The summed E-state index contributed by atoms with van der Waals surface area (Å²) in [5.74, 6) is 1.16. The van der Waals surface area contributed by atoms with Gasteiger partial charge in [-0.25, -0.2) is 0 Å². The van der Waals surface area contributed by atoms with E-state index in [9.17, 15) is 4.79 Å². The number of benzene rings is 1. The van der Waals surface area contributed by atoms with Gasteiger partial charge in [0.25, 0.3) is 6.47 Å². The normalized spacial score (nSPS) is 10.4. The minimum absolute atomic E-state index is 0.380. The van der Waals surface area contributed by atoms with E-state index in [1.165, 1.54) is 0 Å². The van der Waals surface area contributed by atoms with Crippen molar-refractivity contribution in [2.24, 2.45) is 0 Å². The zero-order valence-corrected chi connectivity index (χ0v) is 13.1. The Balaban J connectivity index is 1.84. The first-order valence-corrected chi connectivity index (χ1v) is 7.43. The van der Waals surface area contributed by atoms with E-state index in [1.807, 2.05) is 30.3 Å². The van der Waals surface area contributed by atoms with Crippen LogP contribution in [-0.2, 0) is 11.3 Å². The molecule has 0 atom stereocenters. The Bertz CT molecular complexity index is 803. The molecular formula is C17H16N4O3. The Morgan fingerprint density at radius 3 is 2.71 bits per heavy atom. The van der Waals surface area contributed by atoms with Crippen LogP contribution in [0.2, 0.25) is 0 Å². The van der Waals surface area contributed by atoms with Crippen LogP contribution >= 0.6 is 0 Å². The van der Waals surface area contributed by atoms with Crippen molar-refractivity contribution >= 4 is 6.47 Å². The number of hydrogen-bond acceptors (Lipinski definition) is 6. The molecule has 0 amide bonds. The van der Waals surface area contributed by atoms with Gasteiger partial charge in [-0.2, -0.15) is 10.2 Å². The first-order chi connectivity index (χ1) is 11.8. The number of aryl methyl sites for hydroxylation is 1. The summed E-state index contributed by atoms with van der Waals surface area (Å²) in [6, 6.07) is 13.1. The van der Waals surface area contributed by atoms with Crippen molar-refractivity contribution in [2.45, 2.75) is 13.5 Å². The number of carbonyl (C=O) groups excluding carboxylic acids is 1. The molecule has 1 aromatic carbocycles. The quantitative estimate of drug-likeness (QED) is 0.620. The third-order valence-corrected chi connectivity index (χ3v) is 3.37. The molecular weight excluding hydrogens is 308 g/mol. The summed E-state index contributed by atoms with van der Waals surface area (Å²) in [5, 5.41) is 12.4. The van der Waals surface area contributed by atoms with Gasteiger partial charge >= 0.3 is 0 Å². The zero-order chi connectivity index (χ0) is 16.8. The summed E-state index contributed by atoms with van der Waals surface area (Å²) in [7, 11) is 0. The highest BCUT2D eigenvalue weighted by molar-refractivity contribution is 5.67. The molecule has 0 aliphatic rings. The maximum Gasteiger partial charge on any atom is 0.298 e. The highest BCUT2D eigenvalue weighted by Crippen LogP contribution is 2.31. The first-order valence-electron chi connectivity index (χ1n) is 7.43. The van der Waals surface area contributed by atoms with Crippen molar-refractivity contribution in [3.8, 4) is 22.9 Å². The van der Waals surface area contributed by atoms with Crippen LogP contribution in [0, 0.1) is 6.92 Å². The molecule has 0 bridgehead atoms. The molecule has 3 rings (SSSR count). The molecule has 3 aromatic rings. The Labute approximate surface area is 138 Å². The van der Waals surface area contributed by atoms with Crippen molar-refractivity contribution in [1.82, 2.24) is 20.0 Å². The molecule has 7 nitrogen and oxygen atoms in total. The molecule has 24 heavy (non-hydrogen) atoms. The largest absolute Gasteiger partial charge is 0.492 e. The molecule has 0 aliphatic heterocycles. The lowest BCUT2D eigenvalue weighted by molar-refractivity contribution is -0.120. The predicted octanol–water partition coefficient (Wildman–Crippen LogP) is 2.26. The number of aromatic nitrogens is 4. The van der Waals surface area contributed by atoms with Crippen LogP contribution in [0.3, 0.4) is 0 Å². The molecule has 0 saturated carbocycles. The van der Waals surface area contributed by atoms with Gasteiger partial charge in [0.05, 0.1) is 6.54 Å². The molecule has 0 aliphatic carbocycles. The molecule has 0 spiro atoms.